The standard InChI is InChI=1S/C13H22N4O/c1-13(2,3)12-8(7-16(4)15-12)11-9(14)6-10(18)17(11)5/h7,9,11H,6,14H2,1-5H3/t9-,11+/m1/s1. The largest absolute Gasteiger partial charge is 0.337 e. The molecule has 1 amide bonds. The number of aromatic nitrogens is 2. The fourth-order valence-electron chi connectivity index (χ4n) is 2.65. The van der Waals surface area contributed by atoms with E-state index in [0.717, 1.165) is 11.3 Å². The lowest BCUT2D eigenvalue weighted by Crippen LogP contribution is -2.32. The molecule has 1 aromatic heterocycles. The highest BCUT2D eigenvalue weighted by Crippen LogP contribution is 2.36. The van der Waals surface area contributed by atoms with Crippen LogP contribution < -0.4 is 5.73 Å². The summed E-state index contributed by atoms with van der Waals surface area (Å²) in [5.41, 5.74) is 8.16. The predicted molar refractivity (Wildman–Crippen MR) is 70.0 cm³/mol. The van der Waals surface area contributed by atoms with E-state index >= 15 is 0 Å². The van der Waals surface area contributed by atoms with Gasteiger partial charge in [-0.25, -0.2) is 0 Å². The first-order valence-electron chi connectivity index (χ1n) is 6.27. The van der Waals surface area contributed by atoms with Gasteiger partial charge in [0.15, 0.2) is 0 Å². The molecule has 5 heteroatoms. The number of hydrogen-bond acceptors (Lipinski definition) is 3. The highest BCUT2D eigenvalue weighted by Gasteiger charge is 2.39. The van der Waals surface area contributed by atoms with Gasteiger partial charge in [0.25, 0.3) is 0 Å². The van der Waals surface area contributed by atoms with Crippen LogP contribution in [0.5, 0.6) is 0 Å². The lowest BCUT2D eigenvalue weighted by molar-refractivity contribution is -0.127. The second-order valence-corrected chi connectivity index (χ2v) is 6.17. The average Bonchev–Trinajstić information content (AvgIpc) is 2.69. The van der Waals surface area contributed by atoms with Gasteiger partial charge in [0.2, 0.25) is 5.91 Å². The third-order valence-corrected chi connectivity index (χ3v) is 3.51. The van der Waals surface area contributed by atoms with Gasteiger partial charge in [-0.05, 0) is 0 Å². The van der Waals surface area contributed by atoms with Crippen LogP contribution in [0.25, 0.3) is 0 Å². The molecule has 0 aliphatic carbocycles. The molecule has 1 aromatic rings. The van der Waals surface area contributed by atoms with Crippen molar-refractivity contribution in [1.29, 1.82) is 0 Å². The Balaban J connectivity index is 2.48. The van der Waals surface area contributed by atoms with Crippen molar-refractivity contribution >= 4 is 5.91 Å². The SMILES string of the molecule is CN1C(=O)C[C@@H](N)[C@@H]1c1cn(C)nc1C(C)(C)C. The second kappa shape index (κ2) is 4.09. The van der Waals surface area contributed by atoms with Crippen LogP contribution in [0.2, 0.25) is 0 Å². The summed E-state index contributed by atoms with van der Waals surface area (Å²) in [7, 11) is 3.72. The Kier molecular flexibility index (Phi) is 2.97. The van der Waals surface area contributed by atoms with Crippen molar-refractivity contribution in [1.82, 2.24) is 14.7 Å². The molecule has 2 rings (SSSR count). The maximum atomic E-state index is 11.8. The molecule has 1 fully saturated rings. The first kappa shape index (κ1) is 13.1. The number of nitrogens with two attached hydrogens (primary N) is 1. The average molecular weight is 250 g/mol. The highest BCUT2D eigenvalue weighted by atomic mass is 16.2. The fourth-order valence-corrected chi connectivity index (χ4v) is 2.65. The monoisotopic (exact) mass is 250 g/mol. The minimum atomic E-state index is -0.146. The number of hydrogen-bond donors (Lipinski definition) is 1. The van der Waals surface area contributed by atoms with Gasteiger partial charge in [-0.15, -0.1) is 0 Å². The molecule has 0 spiro atoms. The maximum absolute atomic E-state index is 11.8. The smallest absolute Gasteiger partial charge is 0.224 e. The molecule has 2 N–H and O–H groups in total. The lowest BCUT2D eigenvalue weighted by atomic mass is 9.86. The zero-order valence-corrected chi connectivity index (χ0v) is 11.8. The van der Waals surface area contributed by atoms with E-state index in [1.807, 2.05) is 20.3 Å². The summed E-state index contributed by atoms with van der Waals surface area (Å²) in [6, 6.07) is -0.201. The first-order valence-corrected chi connectivity index (χ1v) is 6.27. The number of likely N-dealkylation sites (N-methyl/N-ethyl adjacent to an activating group) is 1. The summed E-state index contributed by atoms with van der Waals surface area (Å²) in [6.07, 6.45) is 2.40. The van der Waals surface area contributed by atoms with E-state index in [1.54, 1.807) is 9.58 Å². The van der Waals surface area contributed by atoms with Crippen LogP contribution in [-0.4, -0.2) is 33.7 Å². The van der Waals surface area contributed by atoms with Crippen molar-refractivity contribution in [3.05, 3.63) is 17.5 Å². The van der Waals surface area contributed by atoms with Crippen LogP contribution in [0, 0.1) is 0 Å². The van der Waals surface area contributed by atoms with Crippen molar-refractivity contribution in [3.8, 4) is 0 Å². The van der Waals surface area contributed by atoms with Gasteiger partial charge in [-0.3, -0.25) is 9.48 Å². The minimum Gasteiger partial charge on any atom is -0.337 e. The van der Waals surface area contributed by atoms with E-state index in [1.165, 1.54) is 0 Å². The number of aryl methyl sites for hydroxylation is 1. The van der Waals surface area contributed by atoms with Gasteiger partial charge in [0.05, 0.1) is 11.7 Å². The topological polar surface area (TPSA) is 64.2 Å². The summed E-state index contributed by atoms with van der Waals surface area (Å²) >= 11 is 0. The highest BCUT2D eigenvalue weighted by molar-refractivity contribution is 5.80. The van der Waals surface area contributed by atoms with E-state index in [2.05, 4.69) is 25.9 Å². The van der Waals surface area contributed by atoms with Gasteiger partial charge in [0.1, 0.15) is 0 Å². The number of carbonyl (C=O) groups excluding carboxylic acids is 1. The molecule has 5 nitrogen and oxygen atoms in total. The Hall–Kier alpha value is -1.36. The summed E-state index contributed by atoms with van der Waals surface area (Å²) in [6.45, 7) is 6.38. The molecule has 1 aliphatic rings. The van der Waals surface area contributed by atoms with E-state index in [0.29, 0.717) is 6.42 Å². The van der Waals surface area contributed by atoms with Crippen molar-refractivity contribution in [2.24, 2.45) is 12.8 Å². The lowest BCUT2D eigenvalue weighted by Gasteiger charge is -2.26. The number of likely N-dealkylation sites (tertiary alicyclic amines) is 1. The minimum absolute atomic E-state index is 0.0528. The Bertz CT molecular complexity index is 472. The Morgan fingerprint density at radius 1 is 1.39 bits per heavy atom. The van der Waals surface area contributed by atoms with Crippen molar-refractivity contribution in [2.75, 3.05) is 7.05 Å². The Labute approximate surface area is 108 Å². The number of rotatable bonds is 1. The van der Waals surface area contributed by atoms with E-state index in [-0.39, 0.29) is 23.4 Å². The van der Waals surface area contributed by atoms with Gasteiger partial charge in [0, 0.05) is 43.7 Å². The molecular weight excluding hydrogens is 228 g/mol. The predicted octanol–water partition coefficient (Wildman–Crippen LogP) is 0.948. The van der Waals surface area contributed by atoms with Crippen molar-refractivity contribution in [2.45, 2.75) is 44.7 Å². The molecule has 1 saturated heterocycles. The zero-order chi connectivity index (χ0) is 13.7. The molecule has 0 radical (unpaired) electrons. The van der Waals surface area contributed by atoms with Crippen LogP contribution in [0.15, 0.2) is 6.20 Å². The summed E-state index contributed by atoms with van der Waals surface area (Å²) < 4.78 is 1.80. The van der Waals surface area contributed by atoms with Crippen LogP contribution in [0.1, 0.15) is 44.5 Å². The molecule has 0 saturated carbocycles. The van der Waals surface area contributed by atoms with Crippen LogP contribution in [0.4, 0.5) is 0 Å². The van der Waals surface area contributed by atoms with Gasteiger partial charge in [-0.2, -0.15) is 5.10 Å². The van der Waals surface area contributed by atoms with Gasteiger partial charge in [-0.1, -0.05) is 20.8 Å². The third kappa shape index (κ3) is 2.03. The van der Waals surface area contributed by atoms with Gasteiger partial charge >= 0.3 is 0 Å². The fraction of sp³-hybridized carbons (Fsp3) is 0.692. The number of nitrogens with zero attached hydrogens (tertiary/aromatic N) is 3. The molecule has 0 unspecified atom stereocenters. The van der Waals surface area contributed by atoms with Crippen molar-refractivity contribution in [3.63, 3.8) is 0 Å². The molecular formula is C13H22N4O. The molecule has 0 bridgehead atoms. The molecule has 1 aliphatic heterocycles. The molecule has 2 atom stereocenters. The van der Waals surface area contributed by atoms with Crippen molar-refractivity contribution < 1.29 is 4.79 Å². The van der Waals surface area contributed by atoms with Crippen LogP contribution >= 0.6 is 0 Å². The Morgan fingerprint density at radius 3 is 2.44 bits per heavy atom. The molecule has 100 valence electrons. The second-order valence-electron chi connectivity index (χ2n) is 6.17. The maximum Gasteiger partial charge on any atom is 0.224 e. The van der Waals surface area contributed by atoms with E-state index in [9.17, 15) is 4.79 Å². The van der Waals surface area contributed by atoms with E-state index in [4.69, 9.17) is 5.73 Å². The van der Waals surface area contributed by atoms with Gasteiger partial charge < -0.3 is 10.6 Å². The summed E-state index contributed by atoms with van der Waals surface area (Å²) in [5.74, 6) is 0.108. The molecule has 2 heterocycles. The summed E-state index contributed by atoms with van der Waals surface area (Å²) in [4.78, 5) is 13.5. The first-order chi connectivity index (χ1) is 8.21. The normalized spacial score (nSPS) is 25.0. The molecule has 18 heavy (non-hydrogen) atoms. The molecule has 0 aromatic carbocycles. The van der Waals surface area contributed by atoms with Crippen LogP contribution in [0.3, 0.4) is 0 Å². The number of carbonyl (C=O) groups is 1. The number of amides is 1. The van der Waals surface area contributed by atoms with E-state index < -0.39 is 0 Å². The summed E-state index contributed by atoms with van der Waals surface area (Å²) in [5, 5.41) is 4.54. The quantitative estimate of drug-likeness (QED) is 0.807. The zero-order valence-electron chi connectivity index (χ0n) is 11.8. The Morgan fingerprint density at radius 2 is 2.00 bits per heavy atom. The third-order valence-electron chi connectivity index (χ3n) is 3.51. The van der Waals surface area contributed by atoms with Crippen LogP contribution in [-0.2, 0) is 17.3 Å².